The van der Waals surface area contributed by atoms with Gasteiger partial charge >= 0.3 is 18.3 Å². The number of rotatable bonds is 4. The fraction of sp³-hybridized carbons (Fsp3) is 0.941. The Morgan fingerprint density at radius 1 is 1.07 bits per heavy atom. The molecule has 0 aromatic rings. The van der Waals surface area contributed by atoms with Gasteiger partial charge in [-0.15, -0.1) is 0 Å². The van der Waals surface area contributed by atoms with E-state index in [0.717, 1.165) is 12.8 Å². The zero-order valence-electron chi connectivity index (χ0n) is 16.1. The zero-order chi connectivity index (χ0) is 21.1. The van der Waals surface area contributed by atoms with Crippen molar-refractivity contribution < 1.29 is 40.3 Å². The van der Waals surface area contributed by atoms with E-state index in [1.807, 2.05) is 33.9 Å². The maximum absolute atomic E-state index is 12.7. The maximum Gasteiger partial charge on any atom is 0.434 e. The average Bonchev–Trinajstić information content (AvgIpc) is 2.70. The molecule has 0 amide bonds. The van der Waals surface area contributed by atoms with Crippen LogP contribution in [0.4, 0.5) is 26.3 Å². The van der Waals surface area contributed by atoms with Gasteiger partial charge in [-0.3, -0.25) is 4.79 Å². The number of alkyl halides is 6. The molecule has 0 bridgehead atoms. The van der Waals surface area contributed by atoms with Gasteiger partial charge in [-0.05, 0) is 43.3 Å². The zero-order valence-corrected chi connectivity index (χ0v) is 17.1. The minimum Gasteiger partial charge on any atom is -0.442 e. The third-order valence-electron chi connectivity index (χ3n) is 6.29. The van der Waals surface area contributed by atoms with Crippen molar-refractivity contribution in [2.24, 2.45) is 11.8 Å². The van der Waals surface area contributed by atoms with Crippen LogP contribution in [-0.4, -0.2) is 38.3 Å². The van der Waals surface area contributed by atoms with Crippen LogP contribution in [0.1, 0.15) is 46.5 Å². The van der Waals surface area contributed by atoms with E-state index in [9.17, 15) is 31.1 Å². The quantitative estimate of drug-likeness (QED) is 0.337. The van der Waals surface area contributed by atoms with E-state index >= 15 is 0 Å². The van der Waals surface area contributed by atoms with E-state index in [1.54, 1.807) is 0 Å². The lowest BCUT2D eigenvalue weighted by Gasteiger charge is -2.56. The number of ether oxygens (including phenoxy) is 1. The van der Waals surface area contributed by atoms with Crippen molar-refractivity contribution in [2.45, 2.75) is 88.6 Å². The number of hydrogen-bond acceptors (Lipinski definition) is 3. The van der Waals surface area contributed by atoms with Gasteiger partial charge in [0.15, 0.2) is 8.32 Å². The molecule has 3 nitrogen and oxygen atoms in total. The molecule has 27 heavy (non-hydrogen) atoms. The van der Waals surface area contributed by atoms with Crippen molar-refractivity contribution in [1.82, 2.24) is 0 Å². The second-order valence-corrected chi connectivity index (χ2v) is 13.8. The maximum atomic E-state index is 12.7. The van der Waals surface area contributed by atoms with Gasteiger partial charge in [-0.2, -0.15) is 26.3 Å². The fourth-order valence-corrected chi connectivity index (χ4v) is 5.49. The standard InChI is InChI=1S/C17H26F6O3Si/c1-14(2,3)27(4,5)26-15-8-6-7-10(15)9-11(15)12(24)25-13(16(18,19)20)17(21,22)23/h10-11,13H,6-9H2,1-5H3/t10-,11-,15+/m0/s1. The monoisotopic (exact) mass is 420 g/mol. The van der Waals surface area contributed by atoms with Crippen molar-refractivity contribution in [3.8, 4) is 0 Å². The van der Waals surface area contributed by atoms with Crippen LogP contribution in [0.25, 0.3) is 0 Å². The minimum absolute atomic E-state index is 0.0283. The van der Waals surface area contributed by atoms with E-state index in [0.29, 0.717) is 6.42 Å². The lowest BCUT2D eigenvalue weighted by atomic mass is 9.62. The Morgan fingerprint density at radius 3 is 2.00 bits per heavy atom. The molecule has 158 valence electrons. The van der Waals surface area contributed by atoms with Crippen LogP contribution >= 0.6 is 0 Å². The van der Waals surface area contributed by atoms with E-state index < -0.39 is 44.3 Å². The molecule has 0 N–H and O–H groups in total. The first-order chi connectivity index (χ1) is 11.9. The second kappa shape index (κ2) is 6.64. The first-order valence-electron chi connectivity index (χ1n) is 8.96. The molecule has 0 heterocycles. The number of hydrogen-bond donors (Lipinski definition) is 0. The molecule has 2 aliphatic carbocycles. The largest absolute Gasteiger partial charge is 0.442 e. The molecule has 0 radical (unpaired) electrons. The molecule has 2 saturated carbocycles. The smallest absolute Gasteiger partial charge is 0.434 e. The summed E-state index contributed by atoms with van der Waals surface area (Å²) in [5.74, 6) is -2.59. The summed E-state index contributed by atoms with van der Waals surface area (Å²) in [6, 6.07) is 0. The highest BCUT2D eigenvalue weighted by atomic mass is 28.4. The van der Waals surface area contributed by atoms with Gasteiger partial charge in [0, 0.05) is 0 Å². The van der Waals surface area contributed by atoms with E-state index in [4.69, 9.17) is 4.43 Å². The second-order valence-electron chi connectivity index (χ2n) is 9.09. The SMILES string of the molecule is CC(C)(C)[Si](C)(C)O[C@]12CCC[C@H]1C[C@H]2C(=O)OC(C(F)(F)F)C(F)(F)F. The highest BCUT2D eigenvalue weighted by Gasteiger charge is 2.66. The summed E-state index contributed by atoms with van der Waals surface area (Å²) in [7, 11) is -2.39. The van der Waals surface area contributed by atoms with E-state index in [-0.39, 0.29) is 17.4 Å². The average molecular weight is 420 g/mol. The number of carbonyl (C=O) groups excluding carboxylic acids is 1. The summed E-state index contributed by atoms with van der Waals surface area (Å²) in [6.07, 6.45) is -13.4. The van der Waals surface area contributed by atoms with Gasteiger partial charge in [0.05, 0.1) is 11.5 Å². The summed E-state index contributed by atoms with van der Waals surface area (Å²) in [4.78, 5) is 12.3. The van der Waals surface area contributed by atoms with Gasteiger partial charge in [-0.1, -0.05) is 27.2 Å². The summed E-state index contributed by atoms with van der Waals surface area (Å²) in [5, 5.41) is -0.209. The van der Waals surface area contributed by atoms with Crippen LogP contribution in [0.15, 0.2) is 0 Å². The van der Waals surface area contributed by atoms with Crippen molar-refractivity contribution in [3.63, 3.8) is 0 Å². The van der Waals surface area contributed by atoms with Crippen LogP contribution in [0.3, 0.4) is 0 Å². The first-order valence-corrected chi connectivity index (χ1v) is 11.9. The first kappa shape index (κ1) is 22.5. The summed E-state index contributed by atoms with van der Waals surface area (Å²) in [6.45, 7) is 9.84. The predicted molar refractivity (Wildman–Crippen MR) is 88.5 cm³/mol. The lowest BCUT2D eigenvalue weighted by Crippen LogP contribution is -2.64. The minimum atomic E-state index is -5.71. The Kier molecular flexibility index (Phi) is 5.54. The Balaban J connectivity index is 2.24. The normalized spacial score (nSPS) is 29.5. The van der Waals surface area contributed by atoms with Crippen molar-refractivity contribution in [3.05, 3.63) is 0 Å². The Hall–Kier alpha value is -0.773. The van der Waals surface area contributed by atoms with Crippen LogP contribution < -0.4 is 0 Å². The highest BCUT2D eigenvalue weighted by molar-refractivity contribution is 6.74. The molecule has 2 fully saturated rings. The van der Waals surface area contributed by atoms with Crippen LogP contribution in [0.5, 0.6) is 0 Å². The predicted octanol–water partition coefficient (Wildman–Crippen LogP) is 5.60. The molecule has 2 rings (SSSR count). The Morgan fingerprint density at radius 2 is 1.59 bits per heavy atom. The molecular weight excluding hydrogens is 394 g/mol. The molecule has 10 heteroatoms. The molecule has 0 aliphatic heterocycles. The molecular formula is C17H26F6O3Si. The van der Waals surface area contributed by atoms with Gasteiger partial charge in [0.25, 0.3) is 6.10 Å². The number of esters is 1. The molecule has 0 aromatic carbocycles. The van der Waals surface area contributed by atoms with E-state index in [1.165, 1.54) is 0 Å². The van der Waals surface area contributed by atoms with Gasteiger partial charge in [0.2, 0.25) is 0 Å². The molecule has 0 spiro atoms. The van der Waals surface area contributed by atoms with Gasteiger partial charge in [-0.25, -0.2) is 0 Å². The van der Waals surface area contributed by atoms with Gasteiger partial charge in [0.1, 0.15) is 0 Å². The molecule has 0 saturated heterocycles. The van der Waals surface area contributed by atoms with E-state index in [2.05, 4.69) is 4.74 Å². The molecule has 3 atom stereocenters. The van der Waals surface area contributed by atoms with Crippen molar-refractivity contribution in [2.75, 3.05) is 0 Å². The van der Waals surface area contributed by atoms with Crippen LogP contribution in [0.2, 0.25) is 18.1 Å². The molecule has 2 aliphatic rings. The number of fused-ring (bicyclic) bond motifs is 1. The highest BCUT2D eigenvalue weighted by Crippen LogP contribution is 2.60. The lowest BCUT2D eigenvalue weighted by molar-refractivity contribution is -0.317. The van der Waals surface area contributed by atoms with Crippen LogP contribution in [0, 0.1) is 11.8 Å². The topological polar surface area (TPSA) is 35.5 Å². The summed E-state index contributed by atoms with van der Waals surface area (Å²) in [5.41, 5.74) is -0.998. The van der Waals surface area contributed by atoms with Crippen LogP contribution in [-0.2, 0) is 14.0 Å². The summed E-state index contributed by atoms with van der Waals surface area (Å²) < 4.78 is 86.8. The Labute approximate surface area is 155 Å². The third-order valence-corrected chi connectivity index (χ3v) is 10.8. The number of halogens is 6. The number of carbonyl (C=O) groups is 1. The summed E-state index contributed by atoms with van der Waals surface area (Å²) >= 11 is 0. The van der Waals surface area contributed by atoms with Crippen molar-refractivity contribution in [1.29, 1.82) is 0 Å². The van der Waals surface area contributed by atoms with Gasteiger partial charge < -0.3 is 9.16 Å². The Bertz CT molecular complexity index is 567. The fourth-order valence-electron chi connectivity index (χ4n) is 3.82. The van der Waals surface area contributed by atoms with Crippen molar-refractivity contribution >= 4 is 14.3 Å². The molecule has 0 unspecified atom stereocenters. The third kappa shape index (κ3) is 4.16. The molecule has 0 aromatic heterocycles.